The van der Waals surface area contributed by atoms with Crippen molar-refractivity contribution in [1.29, 1.82) is 0 Å². The highest BCUT2D eigenvalue weighted by molar-refractivity contribution is 5.98. The Kier molecular flexibility index (Phi) is 25.1. The number of aliphatic hydroxyl groups excluding tert-OH is 5. The maximum atomic E-state index is 14.3. The number of benzene rings is 1. The molecule has 3 heterocycles. The van der Waals surface area contributed by atoms with Crippen molar-refractivity contribution in [3.63, 3.8) is 0 Å². The van der Waals surface area contributed by atoms with Crippen molar-refractivity contribution in [3.05, 3.63) is 29.8 Å². The fourth-order valence-corrected chi connectivity index (χ4v) is 9.88. The first-order valence-electron chi connectivity index (χ1n) is 26.6. The number of nitrogens with zero attached hydrogens (tertiary/aromatic N) is 2. The Morgan fingerprint density at radius 3 is 1.75 bits per heavy atom. The quantitative estimate of drug-likeness (QED) is 0.0732. The van der Waals surface area contributed by atoms with E-state index < -0.39 is 121 Å². The lowest BCUT2D eigenvalue weighted by Crippen LogP contribution is -2.64. The highest BCUT2D eigenvalue weighted by atomic mass is 16.3. The van der Waals surface area contributed by atoms with E-state index in [1.54, 1.807) is 6.92 Å². The van der Waals surface area contributed by atoms with Crippen LogP contribution in [0.1, 0.15) is 155 Å². The number of amides is 7. The number of phenols is 1. The number of rotatable bonds is 22. The number of carbonyl (C=O) groups is 7. The molecule has 0 bridgehead atoms. The van der Waals surface area contributed by atoms with Crippen molar-refractivity contribution in [1.82, 2.24) is 36.4 Å². The van der Waals surface area contributed by atoms with Gasteiger partial charge in [0.1, 0.15) is 42.0 Å². The van der Waals surface area contributed by atoms with Crippen LogP contribution >= 0.6 is 0 Å². The average molecular weight is 1020 g/mol. The topological polar surface area (TPSA) is 307 Å². The minimum atomic E-state index is -1.88. The number of aromatic hydroxyl groups is 1. The molecule has 20 nitrogen and oxygen atoms in total. The van der Waals surface area contributed by atoms with Crippen LogP contribution in [0.15, 0.2) is 24.3 Å². The smallest absolute Gasteiger partial charge is 0.248 e. The number of fused-ring (bicyclic) bond motifs is 2. The van der Waals surface area contributed by atoms with Gasteiger partial charge in [0, 0.05) is 44.8 Å². The van der Waals surface area contributed by atoms with Gasteiger partial charge in [0.25, 0.3) is 0 Å². The fourth-order valence-electron chi connectivity index (χ4n) is 9.88. The second-order valence-corrected chi connectivity index (χ2v) is 20.4. The Morgan fingerprint density at radius 1 is 0.681 bits per heavy atom. The van der Waals surface area contributed by atoms with E-state index in [9.17, 15) is 64.2 Å². The Balaban J connectivity index is 1.53. The molecular weight excluding hydrogens is 931 g/mol. The van der Waals surface area contributed by atoms with Gasteiger partial charge in [-0.15, -0.1) is 0 Å². The van der Waals surface area contributed by atoms with Crippen LogP contribution in [-0.2, 0) is 40.0 Å². The van der Waals surface area contributed by atoms with Crippen molar-refractivity contribution in [3.8, 4) is 5.75 Å². The van der Waals surface area contributed by atoms with E-state index >= 15 is 0 Å². The maximum Gasteiger partial charge on any atom is 0.248 e. The molecule has 72 heavy (non-hydrogen) atoms. The van der Waals surface area contributed by atoms with Gasteiger partial charge in [-0.1, -0.05) is 116 Å². The maximum absolute atomic E-state index is 14.3. The number of aliphatic hydroxyl groups is 5. The van der Waals surface area contributed by atoms with Crippen LogP contribution in [0.2, 0.25) is 0 Å². The Hall–Kier alpha value is -4.89. The second-order valence-electron chi connectivity index (χ2n) is 20.4. The van der Waals surface area contributed by atoms with E-state index in [0.717, 1.165) is 35.5 Å². The third-order valence-electron chi connectivity index (χ3n) is 14.2. The number of carbonyl (C=O) groups excluding carboxylic acids is 7. The molecule has 3 saturated heterocycles. The molecular formula is C52H85N7O13. The first-order valence-corrected chi connectivity index (χ1v) is 26.6. The summed E-state index contributed by atoms with van der Waals surface area (Å²) in [6, 6.07) is -3.92. The van der Waals surface area contributed by atoms with Crippen molar-refractivity contribution in [2.75, 3.05) is 19.6 Å². The molecule has 7 amide bonds. The Morgan fingerprint density at radius 2 is 1.19 bits per heavy atom. The van der Waals surface area contributed by atoms with Gasteiger partial charge in [0.2, 0.25) is 41.4 Å². The van der Waals surface area contributed by atoms with Crippen LogP contribution in [0.25, 0.3) is 0 Å². The molecule has 11 N–H and O–H groups in total. The Labute approximate surface area is 424 Å². The van der Waals surface area contributed by atoms with Crippen molar-refractivity contribution < 1.29 is 64.2 Å². The van der Waals surface area contributed by atoms with Crippen LogP contribution in [-0.4, -0.2) is 168 Å². The van der Waals surface area contributed by atoms with Crippen LogP contribution < -0.4 is 26.6 Å². The second kappa shape index (κ2) is 30.3. The Bertz CT molecular complexity index is 1900. The van der Waals surface area contributed by atoms with E-state index in [1.165, 1.54) is 102 Å². The van der Waals surface area contributed by atoms with Crippen molar-refractivity contribution in [2.24, 2.45) is 5.92 Å². The predicted octanol–water partition coefficient (Wildman–Crippen LogP) is 1.34. The summed E-state index contributed by atoms with van der Waals surface area (Å²) in [4.78, 5) is 100. The van der Waals surface area contributed by atoms with Crippen LogP contribution in [0.3, 0.4) is 0 Å². The first kappa shape index (κ1) is 59.7. The normalized spacial score (nSPS) is 27.4. The summed E-state index contributed by atoms with van der Waals surface area (Å²) in [5.74, 6) is -6.81. The van der Waals surface area contributed by atoms with Gasteiger partial charge < -0.3 is 67.0 Å². The molecule has 0 spiro atoms. The van der Waals surface area contributed by atoms with Gasteiger partial charge >= 0.3 is 0 Å². The standard InChI is InChI=1S/C52H85N7O13/c1-5-6-7-8-9-10-11-12-13-14-15-16-17-18-19-22-41(65)54-38-21-20-27-53-50(70)45-46(66)32(2)30-59(45)52(72)43(34(4)61)56-49(69)44(40(64)28-35-23-25-36(62)26-24-35)57-48(68)39-29-37(63)31-58(39)51(71)42(33(3)60)55-47(38)67/h23-26,32-34,37-40,42-46,60-64,66H,5-22,27-31H2,1-4H3,(H,53,70)(H,54,65)(H,55,67)(H,56,69)(H,57,68)/t32-,33+,34+,37+,38-,39-,40+,42-,43-,44-,45-,46+/m0/s1. The van der Waals surface area contributed by atoms with E-state index in [4.69, 9.17) is 0 Å². The monoisotopic (exact) mass is 1020 g/mol. The number of unbranched alkanes of at least 4 members (excludes halogenated alkanes) is 14. The molecule has 0 unspecified atom stereocenters. The third kappa shape index (κ3) is 18.2. The van der Waals surface area contributed by atoms with E-state index in [0.29, 0.717) is 12.0 Å². The SMILES string of the molecule is CCCCCCCCCCCCCCCCCC(=O)N[C@H]1CCCNC(=O)[C@@H]2[C@H](O)[C@@H](C)CN2C(=O)[C@H]([C@@H](C)O)NC(=O)[C@H]([C@H](O)Cc2ccc(O)cc2)NC(=O)[C@@H]2C[C@@H](O)CN2C(=O)[C@H]([C@@H](C)O)NC1=O. The summed E-state index contributed by atoms with van der Waals surface area (Å²) in [7, 11) is 0. The molecule has 0 radical (unpaired) electrons. The minimum Gasteiger partial charge on any atom is -0.508 e. The molecule has 4 rings (SSSR count). The zero-order valence-electron chi connectivity index (χ0n) is 42.9. The third-order valence-corrected chi connectivity index (χ3v) is 14.2. The largest absolute Gasteiger partial charge is 0.508 e. The average Bonchev–Trinajstić information content (AvgIpc) is 3.88. The van der Waals surface area contributed by atoms with Crippen molar-refractivity contribution >= 4 is 41.4 Å². The fraction of sp³-hybridized carbons (Fsp3) is 0.750. The van der Waals surface area contributed by atoms with Crippen LogP contribution in [0.4, 0.5) is 0 Å². The summed E-state index contributed by atoms with van der Waals surface area (Å²) < 4.78 is 0. The number of phenolic OH excluding ortho intramolecular Hbond substituents is 1. The summed E-state index contributed by atoms with van der Waals surface area (Å²) in [6.45, 7) is 5.65. The van der Waals surface area contributed by atoms with Gasteiger partial charge in [0.05, 0.1) is 30.5 Å². The van der Waals surface area contributed by atoms with Gasteiger partial charge in [-0.25, -0.2) is 0 Å². The lowest BCUT2D eigenvalue weighted by atomic mass is 9.99. The zero-order chi connectivity index (χ0) is 52.9. The summed E-state index contributed by atoms with van der Waals surface area (Å²) in [5, 5.41) is 78.1. The molecule has 0 saturated carbocycles. The molecule has 1 aromatic carbocycles. The molecule has 3 aliphatic rings. The number of nitrogens with one attached hydrogen (secondary N) is 5. The molecule has 12 atom stereocenters. The van der Waals surface area contributed by atoms with E-state index in [1.807, 2.05) is 0 Å². The van der Waals surface area contributed by atoms with Gasteiger partial charge in [-0.2, -0.15) is 0 Å². The van der Waals surface area contributed by atoms with Gasteiger partial charge in [0.15, 0.2) is 0 Å². The lowest BCUT2D eigenvalue weighted by molar-refractivity contribution is -0.147. The molecule has 1 aromatic rings. The molecule has 3 aliphatic heterocycles. The highest BCUT2D eigenvalue weighted by Crippen LogP contribution is 2.26. The summed E-state index contributed by atoms with van der Waals surface area (Å²) in [6.07, 6.45) is 9.35. The van der Waals surface area contributed by atoms with Crippen molar-refractivity contribution in [2.45, 2.75) is 223 Å². The molecule has 20 heteroatoms. The van der Waals surface area contributed by atoms with Crippen LogP contribution in [0.5, 0.6) is 5.75 Å². The molecule has 3 fully saturated rings. The highest BCUT2D eigenvalue weighted by Gasteiger charge is 2.49. The number of hydrogen-bond donors (Lipinski definition) is 11. The predicted molar refractivity (Wildman–Crippen MR) is 267 cm³/mol. The zero-order valence-corrected chi connectivity index (χ0v) is 42.9. The number of hydrogen-bond acceptors (Lipinski definition) is 13. The first-order chi connectivity index (χ1) is 34.3. The molecule has 0 aliphatic carbocycles. The van der Waals surface area contributed by atoms with Gasteiger partial charge in [-0.3, -0.25) is 33.6 Å². The summed E-state index contributed by atoms with van der Waals surface area (Å²) in [5.41, 5.74) is 0.421. The summed E-state index contributed by atoms with van der Waals surface area (Å²) >= 11 is 0. The van der Waals surface area contributed by atoms with E-state index in [2.05, 4.69) is 33.5 Å². The molecule has 0 aromatic heterocycles. The van der Waals surface area contributed by atoms with E-state index in [-0.39, 0.29) is 50.9 Å². The minimum absolute atomic E-state index is 0.0544. The lowest BCUT2D eigenvalue weighted by Gasteiger charge is -2.33. The van der Waals surface area contributed by atoms with Gasteiger partial charge in [-0.05, 0) is 50.8 Å². The van der Waals surface area contributed by atoms with Crippen LogP contribution in [0, 0.1) is 5.92 Å². The molecule has 406 valence electrons.